The number of hydrogen-bond donors (Lipinski definition) is 1. The van der Waals surface area contributed by atoms with Gasteiger partial charge in [0.25, 0.3) is 0 Å². The van der Waals surface area contributed by atoms with Crippen molar-refractivity contribution in [3.63, 3.8) is 0 Å². The number of aromatic nitrogens is 2. The quantitative estimate of drug-likeness (QED) is 0.928. The van der Waals surface area contributed by atoms with Crippen LogP contribution in [-0.2, 0) is 6.54 Å². The molecule has 0 radical (unpaired) electrons. The summed E-state index contributed by atoms with van der Waals surface area (Å²) in [7, 11) is 2.28. The van der Waals surface area contributed by atoms with E-state index in [0.29, 0.717) is 6.04 Å². The normalized spacial score (nSPS) is 28.2. The van der Waals surface area contributed by atoms with E-state index in [0.717, 1.165) is 24.7 Å². The second kappa shape index (κ2) is 6.67. The molecule has 1 aromatic rings. The lowest BCUT2D eigenvalue weighted by Gasteiger charge is -2.35. The molecular weight excluding hydrogens is 284 g/mol. The van der Waals surface area contributed by atoms with Crippen molar-refractivity contribution < 1.29 is 0 Å². The zero-order valence-electron chi connectivity index (χ0n) is 13.7. The Hall–Kier alpha value is -0.580. The molecular formula is C16H29ClN4. The van der Waals surface area contributed by atoms with Gasteiger partial charge in [0.2, 0.25) is 0 Å². The van der Waals surface area contributed by atoms with Crippen LogP contribution >= 0.6 is 12.4 Å². The fraction of sp³-hybridized carbons (Fsp3) is 0.812. The molecule has 3 heterocycles. The molecule has 2 aliphatic heterocycles. The maximum absolute atomic E-state index is 4.63. The van der Waals surface area contributed by atoms with Gasteiger partial charge in [0.05, 0.1) is 5.69 Å². The van der Waals surface area contributed by atoms with Crippen LogP contribution in [0.5, 0.6) is 0 Å². The number of aryl methyl sites for hydroxylation is 1. The van der Waals surface area contributed by atoms with Crippen LogP contribution in [0.2, 0.25) is 0 Å². The predicted molar refractivity (Wildman–Crippen MR) is 89.0 cm³/mol. The smallest absolute Gasteiger partial charge is 0.0638 e. The number of nitrogens with zero attached hydrogens (tertiary/aromatic N) is 3. The van der Waals surface area contributed by atoms with Crippen LogP contribution in [0, 0.1) is 6.92 Å². The molecule has 0 aromatic carbocycles. The Labute approximate surface area is 134 Å². The summed E-state index contributed by atoms with van der Waals surface area (Å²) in [5.41, 5.74) is 2.56. The minimum absolute atomic E-state index is 0. The maximum atomic E-state index is 4.63. The lowest BCUT2D eigenvalue weighted by atomic mass is 9.98. The average Bonchev–Trinajstić information content (AvgIpc) is 2.93. The summed E-state index contributed by atoms with van der Waals surface area (Å²) in [6.45, 7) is 7.53. The molecule has 0 amide bonds. The highest BCUT2D eigenvalue weighted by molar-refractivity contribution is 5.85. The minimum Gasteiger partial charge on any atom is -0.311 e. The molecule has 2 fully saturated rings. The third-order valence-corrected chi connectivity index (χ3v) is 5.04. The highest BCUT2D eigenvalue weighted by atomic mass is 35.5. The molecule has 4 nitrogen and oxygen atoms in total. The summed E-state index contributed by atoms with van der Waals surface area (Å²) in [6.07, 6.45) is 7.60. The summed E-state index contributed by atoms with van der Waals surface area (Å²) in [6, 6.07) is 2.71. The van der Waals surface area contributed by atoms with Gasteiger partial charge in [-0.2, -0.15) is 5.10 Å². The van der Waals surface area contributed by atoms with Crippen molar-refractivity contribution in [2.45, 2.75) is 77.2 Å². The number of rotatable bonds is 4. The number of nitrogens with one attached hydrogen (secondary N) is 1. The SMILES string of the molecule is Cc1nn(C(C)C)cc1CN(C)C1CC2CCC(C1)N2.Cl. The lowest BCUT2D eigenvalue weighted by molar-refractivity contribution is 0.165. The molecule has 2 unspecified atom stereocenters. The molecule has 2 bridgehead atoms. The Morgan fingerprint density at radius 2 is 1.95 bits per heavy atom. The van der Waals surface area contributed by atoms with Gasteiger partial charge in [-0.25, -0.2) is 0 Å². The van der Waals surface area contributed by atoms with Crippen LogP contribution in [0.15, 0.2) is 6.20 Å². The first kappa shape index (κ1) is 16.8. The van der Waals surface area contributed by atoms with E-state index in [1.54, 1.807) is 0 Å². The van der Waals surface area contributed by atoms with Crippen molar-refractivity contribution in [2.24, 2.45) is 0 Å². The Bertz CT molecular complexity index is 459. The van der Waals surface area contributed by atoms with Gasteiger partial charge in [-0.15, -0.1) is 12.4 Å². The summed E-state index contributed by atoms with van der Waals surface area (Å²) in [4.78, 5) is 2.54. The van der Waals surface area contributed by atoms with Crippen molar-refractivity contribution in [3.8, 4) is 0 Å². The molecule has 120 valence electrons. The van der Waals surface area contributed by atoms with E-state index in [1.807, 2.05) is 0 Å². The second-order valence-corrected chi connectivity index (χ2v) is 6.99. The molecule has 21 heavy (non-hydrogen) atoms. The molecule has 1 aromatic heterocycles. The standard InChI is InChI=1S/C16H28N4.ClH/c1-11(2)20-10-13(12(3)18-20)9-19(4)16-7-14-5-6-15(8-16)17-14;/h10-11,14-17H,5-9H2,1-4H3;1H. The van der Waals surface area contributed by atoms with E-state index >= 15 is 0 Å². The predicted octanol–water partition coefficient (Wildman–Crippen LogP) is 2.91. The van der Waals surface area contributed by atoms with Crippen molar-refractivity contribution in [2.75, 3.05) is 7.05 Å². The summed E-state index contributed by atoms with van der Waals surface area (Å²) in [5, 5.41) is 8.35. The van der Waals surface area contributed by atoms with E-state index in [4.69, 9.17) is 0 Å². The molecule has 0 aliphatic carbocycles. The first-order chi connectivity index (χ1) is 9.52. The van der Waals surface area contributed by atoms with Crippen LogP contribution in [-0.4, -0.2) is 39.9 Å². The summed E-state index contributed by atoms with van der Waals surface area (Å²) < 4.78 is 2.09. The maximum Gasteiger partial charge on any atom is 0.0638 e. The van der Waals surface area contributed by atoms with E-state index in [-0.39, 0.29) is 12.4 Å². The minimum atomic E-state index is 0. The third kappa shape index (κ3) is 3.61. The van der Waals surface area contributed by atoms with Crippen LogP contribution in [0.25, 0.3) is 0 Å². The van der Waals surface area contributed by atoms with Crippen LogP contribution in [0.3, 0.4) is 0 Å². The van der Waals surface area contributed by atoms with E-state index in [1.165, 1.54) is 36.9 Å². The average molecular weight is 313 g/mol. The number of piperidine rings is 1. The van der Waals surface area contributed by atoms with Gasteiger partial charge in [-0.1, -0.05) is 0 Å². The molecule has 2 saturated heterocycles. The molecule has 3 rings (SSSR count). The van der Waals surface area contributed by atoms with E-state index < -0.39 is 0 Å². The monoisotopic (exact) mass is 312 g/mol. The zero-order chi connectivity index (χ0) is 14.3. The van der Waals surface area contributed by atoms with Crippen molar-refractivity contribution >= 4 is 12.4 Å². The largest absolute Gasteiger partial charge is 0.311 e. The molecule has 5 heteroatoms. The summed E-state index contributed by atoms with van der Waals surface area (Å²) in [5.74, 6) is 0. The lowest BCUT2D eigenvalue weighted by Crippen LogP contribution is -2.46. The topological polar surface area (TPSA) is 33.1 Å². The number of hydrogen-bond acceptors (Lipinski definition) is 3. The Morgan fingerprint density at radius 1 is 1.33 bits per heavy atom. The van der Waals surface area contributed by atoms with E-state index in [9.17, 15) is 0 Å². The Kier molecular flexibility index (Phi) is 5.33. The fourth-order valence-corrected chi connectivity index (χ4v) is 3.72. The van der Waals surface area contributed by atoms with Crippen molar-refractivity contribution in [3.05, 3.63) is 17.5 Å². The van der Waals surface area contributed by atoms with Gasteiger partial charge < -0.3 is 5.32 Å². The molecule has 2 aliphatic rings. The molecule has 0 saturated carbocycles. The van der Waals surface area contributed by atoms with Gasteiger partial charge >= 0.3 is 0 Å². The highest BCUT2D eigenvalue weighted by Gasteiger charge is 2.35. The van der Waals surface area contributed by atoms with Gasteiger partial charge in [-0.05, 0) is 53.5 Å². The molecule has 2 atom stereocenters. The Balaban J connectivity index is 0.00000161. The van der Waals surface area contributed by atoms with Crippen LogP contribution < -0.4 is 5.32 Å². The van der Waals surface area contributed by atoms with Crippen molar-refractivity contribution in [1.82, 2.24) is 20.0 Å². The van der Waals surface area contributed by atoms with Crippen LogP contribution in [0.4, 0.5) is 0 Å². The van der Waals surface area contributed by atoms with Gasteiger partial charge in [-0.3, -0.25) is 9.58 Å². The molecule has 1 N–H and O–H groups in total. The van der Waals surface area contributed by atoms with E-state index in [2.05, 4.69) is 54.0 Å². The second-order valence-electron chi connectivity index (χ2n) is 6.99. The van der Waals surface area contributed by atoms with Gasteiger partial charge in [0, 0.05) is 42.5 Å². The van der Waals surface area contributed by atoms with Crippen LogP contribution in [0.1, 0.15) is 56.8 Å². The highest BCUT2D eigenvalue weighted by Crippen LogP contribution is 2.30. The fourth-order valence-electron chi connectivity index (χ4n) is 3.72. The first-order valence-corrected chi connectivity index (χ1v) is 8.04. The number of fused-ring (bicyclic) bond motifs is 2. The molecule has 0 spiro atoms. The van der Waals surface area contributed by atoms with Crippen molar-refractivity contribution in [1.29, 1.82) is 0 Å². The third-order valence-electron chi connectivity index (χ3n) is 5.04. The Morgan fingerprint density at radius 3 is 2.48 bits per heavy atom. The van der Waals surface area contributed by atoms with Gasteiger partial charge in [0.15, 0.2) is 0 Å². The summed E-state index contributed by atoms with van der Waals surface area (Å²) >= 11 is 0. The zero-order valence-corrected chi connectivity index (χ0v) is 14.5. The van der Waals surface area contributed by atoms with Gasteiger partial charge in [0.1, 0.15) is 0 Å². The number of halogens is 1. The first-order valence-electron chi connectivity index (χ1n) is 8.04.